The van der Waals surface area contributed by atoms with Crippen LogP contribution in [0.1, 0.15) is 16.7 Å². The summed E-state index contributed by atoms with van der Waals surface area (Å²) in [5.41, 5.74) is 5.72. The largest absolute Gasteiger partial charge is 0.507 e. The number of rotatable bonds is 4. The highest BCUT2D eigenvalue weighted by atomic mass is 16.4. The van der Waals surface area contributed by atoms with E-state index < -0.39 is 5.63 Å². The molecule has 0 aliphatic heterocycles. The second-order valence-corrected chi connectivity index (χ2v) is 6.92. The van der Waals surface area contributed by atoms with Gasteiger partial charge >= 0.3 is 5.63 Å². The third-order valence-corrected chi connectivity index (χ3v) is 5.11. The van der Waals surface area contributed by atoms with Gasteiger partial charge in [-0.3, -0.25) is 0 Å². The van der Waals surface area contributed by atoms with Crippen molar-refractivity contribution in [2.75, 3.05) is 5.32 Å². The number of aryl methyl sites for hydroxylation is 1. The highest BCUT2D eigenvalue weighted by Gasteiger charge is 2.12. The summed E-state index contributed by atoms with van der Waals surface area (Å²) < 4.78 is 5.42. The van der Waals surface area contributed by atoms with Crippen LogP contribution in [-0.2, 0) is 6.54 Å². The van der Waals surface area contributed by atoms with Gasteiger partial charge in [-0.15, -0.1) is 0 Å². The van der Waals surface area contributed by atoms with Gasteiger partial charge in [0.2, 0.25) is 0 Å². The number of phenolic OH excluding ortho intramolecular Hbond substituents is 1. The molecule has 2 N–H and O–H groups in total. The standard InChI is InChI=1S/C24H21NO3/c1-15-7-6-10-21(16(15)2)25-14-18-11-24(27)28-23-13-19(22(26)12-20(18)23)17-8-4-3-5-9-17/h3-13,25-26H,14H2,1-2H3. The third-order valence-electron chi connectivity index (χ3n) is 5.11. The molecule has 1 aromatic heterocycles. The Bertz CT molecular complexity index is 1210. The number of hydrogen-bond acceptors (Lipinski definition) is 4. The molecule has 4 aromatic rings. The fourth-order valence-corrected chi connectivity index (χ4v) is 3.39. The summed E-state index contributed by atoms with van der Waals surface area (Å²) >= 11 is 0. The van der Waals surface area contributed by atoms with Crippen LogP contribution < -0.4 is 10.9 Å². The van der Waals surface area contributed by atoms with Gasteiger partial charge in [-0.25, -0.2) is 4.79 Å². The van der Waals surface area contributed by atoms with Gasteiger partial charge in [0.15, 0.2) is 0 Å². The van der Waals surface area contributed by atoms with Crippen LogP contribution >= 0.6 is 0 Å². The summed E-state index contributed by atoms with van der Waals surface area (Å²) in [6.45, 7) is 4.58. The van der Waals surface area contributed by atoms with Crippen LogP contribution in [0.25, 0.3) is 22.1 Å². The summed E-state index contributed by atoms with van der Waals surface area (Å²) in [6.07, 6.45) is 0. The van der Waals surface area contributed by atoms with Crippen LogP contribution in [0.4, 0.5) is 5.69 Å². The molecule has 0 saturated carbocycles. The number of aromatic hydroxyl groups is 1. The van der Waals surface area contributed by atoms with Crippen molar-refractivity contribution < 1.29 is 9.52 Å². The minimum absolute atomic E-state index is 0.153. The fourth-order valence-electron chi connectivity index (χ4n) is 3.39. The monoisotopic (exact) mass is 371 g/mol. The van der Waals surface area contributed by atoms with E-state index in [1.165, 1.54) is 17.2 Å². The summed E-state index contributed by atoms with van der Waals surface area (Å²) in [5.74, 6) is 0.153. The van der Waals surface area contributed by atoms with Gasteiger partial charge < -0.3 is 14.8 Å². The molecule has 140 valence electrons. The Labute approximate surface area is 163 Å². The molecule has 0 fully saturated rings. The van der Waals surface area contributed by atoms with Crippen molar-refractivity contribution in [2.24, 2.45) is 0 Å². The molecule has 3 aromatic carbocycles. The van der Waals surface area contributed by atoms with Crippen molar-refractivity contribution in [1.82, 2.24) is 0 Å². The molecule has 0 unspecified atom stereocenters. The van der Waals surface area contributed by atoms with E-state index in [0.29, 0.717) is 17.7 Å². The van der Waals surface area contributed by atoms with E-state index in [-0.39, 0.29) is 5.75 Å². The van der Waals surface area contributed by atoms with Crippen LogP contribution in [0.3, 0.4) is 0 Å². The zero-order chi connectivity index (χ0) is 19.7. The molecule has 0 atom stereocenters. The molecule has 1 heterocycles. The Kier molecular flexibility index (Phi) is 4.62. The molecule has 0 amide bonds. The predicted molar refractivity (Wildman–Crippen MR) is 113 cm³/mol. The number of nitrogens with one attached hydrogen (secondary N) is 1. The van der Waals surface area contributed by atoms with Gasteiger partial charge in [0, 0.05) is 29.2 Å². The average Bonchev–Trinajstić information content (AvgIpc) is 2.69. The van der Waals surface area contributed by atoms with Gasteiger partial charge in [-0.05, 0) is 54.3 Å². The number of anilines is 1. The number of fused-ring (bicyclic) bond motifs is 1. The van der Waals surface area contributed by atoms with Crippen molar-refractivity contribution in [3.8, 4) is 16.9 Å². The Hall–Kier alpha value is -3.53. The molecule has 4 heteroatoms. The lowest BCUT2D eigenvalue weighted by Crippen LogP contribution is -2.07. The Balaban J connectivity index is 1.76. The molecular formula is C24H21NO3. The summed E-state index contributed by atoms with van der Waals surface area (Å²) in [7, 11) is 0. The molecule has 4 rings (SSSR count). The summed E-state index contributed by atoms with van der Waals surface area (Å²) in [6, 6.07) is 20.5. The lowest BCUT2D eigenvalue weighted by atomic mass is 10.0. The Morgan fingerprint density at radius 1 is 0.964 bits per heavy atom. The second-order valence-electron chi connectivity index (χ2n) is 6.92. The maximum Gasteiger partial charge on any atom is 0.336 e. The summed E-state index contributed by atoms with van der Waals surface area (Å²) in [4.78, 5) is 12.1. The number of benzene rings is 3. The third kappa shape index (κ3) is 3.37. The van der Waals surface area contributed by atoms with E-state index in [4.69, 9.17) is 4.42 Å². The highest BCUT2D eigenvalue weighted by Crippen LogP contribution is 2.34. The maximum atomic E-state index is 12.1. The molecule has 28 heavy (non-hydrogen) atoms. The fraction of sp³-hybridized carbons (Fsp3) is 0.125. The Morgan fingerprint density at radius 2 is 1.75 bits per heavy atom. The van der Waals surface area contributed by atoms with Crippen LogP contribution in [0, 0.1) is 13.8 Å². The van der Waals surface area contributed by atoms with E-state index in [0.717, 1.165) is 22.2 Å². The zero-order valence-corrected chi connectivity index (χ0v) is 15.8. The molecule has 0 radical (unpaired) electrons. The maximum absolute atomic E-state index is 12.1. The average molecular weight is 371 g/mol. The lowest BCUT2D eigenvalue weighted by molar-refractivity contribution is 0.477. The van der Waals surface area contributed by atoms with Gasteiger partial charge in [-0.2, -0.15) is 0 Å². The first-order chi connectivity index (χ1) is 13.5. The quantitative estimate of drug-likeness (QED) is 0.472. The second kappa shape index (κ2) is 7.24. The first-order valence-electron chi connectivity index (χ1n) is 9.18. The lowest BCUT2D eigenvalue weighted by Gasteiger charge is -2.13. The van der Waals surface area contributed by atoms with Crippen LogP contribution in [0.2, 0.25) is 0 Å². The smallest absolute Gasteiger partial charge is 0.336 e. The first kappa shape index (κ1) is 17.9. The summed E-state index contributed by atoms with van der Waals surface area (Å²) in [5, 5.41) is 14.7. The van der Waals surface area contributed by atoms with Gasteiger partial charge in [0.25, 0.3) is 0 Å². The van der Waals surface area contributed by atoms with E-state index in [1.54, 1.807) is 12.1 Å². The minimum Gasteiger partial charge on any atom is -0.507 e. The van der Waals surface area contributed by atoms with Gasteiger partial charge in [0.1, 0.15) is 11.3 Å². The van der Waals surface area contributed by atoms with Crippen LogP contribution in [0.5, 0.6) is 5.75 Å². The van der Waals surface area contributed by atoms with Crippen molar-refractivity contribution >= 4 is 16.7 Å². The molecule has 0 aliphatic rings. The van der Waals surface area contributed by atoms with E-state index in [9.17, 15) is 9.90 Å². The van der Waals surface area contributed by atoms with Crippen LogP contribution in [-0.4, -0.2) is 5.11 Å². The van der Waals surface area contributed by atoms with Crippen LogP contribution in [0.15, 0.2) is 75.9 Å². The van der Waals surface area contributed by atoms with E-state index in [1.807, 2.05) is 42.5 Å². The molecule has 0 bridgehead atoms. The topological polar surface area (TPSA) is 62.5 Å². The Morgan fingerprint density at radius 3 is 2.54 bits per heavy atom. The first-order valence-corrected chi connectivity index (χ1v) is 9.18. The molecule has 0 spiro atoms. The normalized spacial score (nSPS) is 10.9. The van der Waals surface area contributed by atoms with Crippen molar-refractivity contribution in [3.63, 3.8) is 0 Å². The van der Waals surface area contributed by atoms with Crippen molar-refractivity contribution in [1.29, 1.82) is 0 Å². The highest BCUT2D eigenvalue weighted by molar-refractivity contribution is 5.89. The molecule has 4 nitrogen and oxygen atoms in total. The molecule has 0 aliphatic carbocycles. The van der Waals surface area contributed by atoms with Gasteiger partial charge in [0.05, 0.1) is 0 Å². The number of hydrogen-bond donors (Lipinski definition) is 2. The number of phenols is 1. The van der Waals surface area contributed by atoms with Crippen molar-refractivity contribution in [3.05, 3.63) is 93.8 Å². The SMILES string of the molecule is Cc1cccc(NCc2cc(=O)oc3cc(-c4ccccc4)c(O)cc23)c1C. The molecule has 0 saturated heterocycles. The van der Waals surface area contributed by atoms with Gasteiger partial charge in [-0.1, -0.05) is 42.5 Å². The van der Waals surface area contributed by atoms with E-state index in [2.05, 4.69) is 25.2 Å². The predicted octanol–water partition coefficient (Wildman–Crippen LogP) is 5.39. The minimum atomic E-state index is -0.407. The molecular weight excluding hydrogens is 350 g/mol. The van der Waals surface area contributed by atoms with Crippen molar-refractivity contribution in [2.45, 2.75) is 20.4 Å². The van der Waals surface area contributed by atoms with E-state index >= 15 is 0 Å². The zero-order valence-electron chi connectivity index (χ0n) is 15.8.